The van der Waals surface area contributed by atoms with Crippen LogP contribution in [-0.4, -0.2) is 12.6 Å². The molecule has 0 aromatic rings. The van der Waals surface area contributed by atoms with Crippen LogP contribution in [0.5, 0.6) is 0 Å². The smallest absolute Gasteiger partial charge is 0.308 e. The highest BCUT2D eigenvalue weighted by atomic mass is 16.5. The predicted octanol–water partition coefficient (Wildman–Crippen LogP) is 3.40. The molecule has 0 aromatic heterocycles. The van der Waals surface area contributed by atoms with Crippen molar-refractivity contribution < 1.29 is 9.53 Å². The van der Waals surface area contributed by atoms with Gasteiger partial charge in [-0.05, 0) is 18.8 Å². The molecule has 0 aliphatic rings. The first-order valence-corrected chi connectivity index (χ1v) is 5.78. The summed E-state index contributed by atoms with van der Waals surface area (Å²) in [5.41, 5.74) is 0. The van der Waals surface area contributed by atoms with Crippen LogP contribution in [0.25, 0.3) is 0 Å². The molecule has 0 aliphatic heterocycles. The molecule has 14 heavy (non-hydrogen) atoms. The summed E-state index contributed by atoms with van der Waals surface area (Å²) >= 11 is 0. The van der Waals surface area contributed by atoms with Gasteiger partial charge in [-0.15, -0.1) is 0 Å². The van der Waals surface area contributed by atoms with Crippen molar-refractivity contribution in [1.82, 2.24) is 0 Å². The van der Waals surface area contributed by atoms with Crippen LogP contribution in [0.3, 0.4) is 0 Å². The molecule has 0 aliphatic carbocycles. The second-order valence-electron chi connectivity index (χ2n) is 4.21. The zero-order chi connectivity index (χ0) is 11.0. The van der Waals surface area contributed by atoms with Crippen LogP contribution in [0.4, 0.5) is 0 Å². The van der Waals surface area contributed by atoms with Crippen molar-refractivity contribution in [3.8, 4) is 0 Å². The average Bonchev–Trinajstić information content (AvgIpc) is 2.15. The molecule has 0 saturated carbocycles. The van der Waals surface area contributed by atoms with Gasteiger partial charge in [0.2, 0.25) is 0 Å². The zero-order valence-electron chi connectivity index (χ0n) is 10.0. The van der Waals surface area contributed by atoms with Gasteiger partial charge in [0.1, 0.15) is 0 Å². The minimum atomic E-state index is -0.0326. The third-order valence-corrected chi connectivity index (χ3v) is 2.42. The van der Waals surface area contributed by atoms with E-state index in [2.05, 4.69) is 20.8 Å². The molecule has 84 valence electrons. The minimum absolute atomic E-state index is 0.0326. The molecule has 0 rings (SSSR count). The van der Waals surface area contributed by atoms with Crippen LogP contribution in [0.15, 0.2) is 0 Å². The Kier molecular flexibility index (Phi) is 7.54. The second kappa shape index (κ2) is 7.84. The number of esters is 1. The van der Waals surface area contributed by atoms with Crippen LogP contribution >= 0.6 is 0 Å². The molecule has 0 saturated heterocycles. The minimum Gasteiger partial charge on any atom is -0.465 e. The molecule has 0 N–H and O–H groups in total. The normalized spacial score (nSPS) is 14.9. The number of hydrogen-bond acceptors (Lipinski definition) is 2. The zero-order valence-corrected chi connectivity index (χ0v) is 10.0. The second-order valence-corrected chi connectivity index (χ2v) is 4.21. The van der Waals surface area contributed by atoms with Crippen molar-refractivity contribution in [2.75, 3.05) is 6.61 Å². The lowest BCUT2D eigenvalue weighted by molar-refractivity contribution is -0.149. The third-order valence-electron chi connectivity index (χ3n) is 2.42. The summed E-state index contributed by atoms with van der Waals surface area (Å²) in [7, 11) is 0. The standard InChI is InChI=1S/C12H24O2/c1-5-7-10(3)9-14-12(13)11(4)8-6-2/h10-11H,5-9H2,1-4H3/t10-,11+/m1/s1. The maximum absolute atomic E-state index is 11.4. The van der Waals surface area contributed by atoms with Gasteiger partial charge in [-0.25, -0.2) is 0 Å². The Morgan fingerprint density at radius 1 is 1.14 bits per heavy atom. The first-order valence-electron chi connectivity index (χ1n) is 5.78. The maximum atomic E-state index is 11.4. The molecule has 0 radical (unpaired) electrons. The van der Waals surface area contributed by atoms with E-state index in [-0.39, 0.29) is 11.9 Å². The van der Waals surface area contributed by atoms with E-state index in [4.69, 9.17) is 4.74 Å². The fraction of sp³-hybridized carbons (Fsp3) is 0.917. The highest BCUT2D eigenvalue weighted by molar-refractivity contribution is 5.71. The van der Waals surface area contributed by atoms with Crippen molar-refractivity contribution in [2.24, 2.45) is 11.8 Å². The number of carbonyl (C=O) groups is 1. The third kappa shape index (κ3) is 6.01. The van der Waals surface area contributed by atoms with Gasteiger partial charge in [0.05, 0.1) is 12.5 Å². The molecular weight excluding hydrogens is 176 g/mol. The molecule has 0 bridgehead atoms. The number of ether oxygens (including phenoxy) is 1. The Morgan fingerprint density at radius 3 is 2.21 bits per heavy atom. The summed E-state index contributed by atoms with van der Waals surface area (Å²) in [6.45, 7) is 8.89. The summed E-state index contributed by atoms with van der Waals surface area (Å²) in [5.74, 6) is 0.529. The van der Waals surface area contributed by atoms with Gasteiger partial charge in [-0.1, -0.05) is 40.5 Å². The highest BCUT2D eigenvalue weighted by Gasteiger charge is 2.14. The first-order chi connectivity index (χ1) is 6.61. The molecule has 2 atom stereocenters. The molecule has 0 heterocycles. The molecule has 0 spiro atoms. The lowest BCUT2D eigenvalue weighted by atomic mass is 10.1. The Hall–Kier alpha value is -0.530. The number of rotatable bonds is 7. The summed E-state index contributed by atoms with van der Waals surface area (Å²) in [5, 5.41) is 0. The van der Waals surface area contributed by atoms with Gasteiger partial charge >= 0.3 is 5.97 Å². The monoisotopic (exact) mass is 200 g/mol. The molecule has 2 nitrogen and oxygen atoms in total. The molecule has 0 amide bonds. The van der Waals surface area contributed by atoms with Gasteiger partial charge in [0, 0.05) is 0 Å². The molecule has 0 unspecified atom stereocenters. The van der Waals surface area contributed by atoms with Crippen molar-refractivity contribution in [3.63, 3.8) is 0 Å². The lowest BCUT2D eigenvalue weighted by Gasteiger charge is -2.13. The predicted molar refractivity (Wildman–Crippen MR) is 59.1 cm³/mol. The number of hydrogen-bond donors (Lipinski definition) is 0. The Balaban J connectivity index is 3.61. The Bertz CT molecular complexity index is 154. The molecular formula is C12H24O2. The molecule has 2 heteroatoms. The number of carbonyl (C=O) groups excluding carboxylic acids is 1. The van der Waals surface area contributed by atoms with Crippen LogP contribution in [-0.2, 0) is 9.53 Å². The van der Waals surface area contributed by atoms with Gasteiger partial charge in [0.15, 0.2) is 0 Å². The van der Waals surface area contributed by atoms with E-state index in [0.29, 0.717) is 12.5 Å². The van der Waals surface area contributed by atoms with Crippen LogP contribution in [0.2, 0.25) is 0 Å². The fourth-order valence-corrected chi connectivity index (χ4v) is 1.49. The van der Waals surface area contributed by atoms with E-state index < -0.39 is 0 Å². The van der Waals surface area contributed by atoms with E-state index in [0.717, 1.165) is 25.7 Å². The van der Waals surface area contributed by atoms with E-state index in [1.165, 1.54) is 0 Å². The van der Waals surface area contributed by atoms with Crippen molar-refractivity contribution in [1.29, 1.82) is 0 Å². The largest absolute Gasteiger partial charge is 0.465 e. The fourth-order valence-electron chi connectivity index (χ4n) is 1.49. The lowest BCUT2D eigenvalue weighted by Crippen LogP contribution is -2.18. The first kappa shape index (κ1) is 13.5. The summed E-state index contributed by atoms with van der Waals surface area (Å²) < 4.78 is 5.23. The van der Waals surface area contributed by atoms with Gasteiger partial charge < -0.3 is 4.74 Å². The SMILES string of the molecule is CCC[C@@H](C)COC(=O)[C@@H](C)CCC. The molecule has 0 aromatic carbocycles. The van der Waals surface area contributed by atoms with Crippen LogP contribution in [0, 0.1) is 11.8 Å². The summed E-state index contributed by atoms with van der Waals surface area (Å²) in [4.78, 5) is 11.4. The van der Waals surface area contributed by atoms with Crippen molar-refractivity contribution >= 4 is 5.97 Å². The van der Waals surface area contributed by atoms with E-state index in [1.54, 1.807) is 0 Å². The van der Waals surface area contributed by atoms with E-state index in [1.807, 2.05) is 6.92 Å². The van der Waals surface area contributed by atoms with Gasteiger partial charge in [0.25, 0.3) is 0 Å². The summed E-state index contributed by atoms with van der Waals surface area (Å²) in [6.07, 6.45) is 4.26. The van der Waals surface area contributed by atoms with E-state index in [9.17, 15) is 4.79 Å². The van der Waals surface area contributed by atoms with E-state index >= 15 is 0 Å². The van der Waals surface area contributed by atoms with Crippen LogP contribution in [0.1, 0.15) is 53.4 Å². The maximum Gasteiger partial charge on any atom is 0.308 e. The summed E-state index contributed by atoms with van der Waals surface area (Å²) in [6, 6.07) is 0. The van der Waals surface area contributed by atoms with Crippen molar-refractivity contribution in [2.45, 2.75) is 53.4 Å². The van der Waals surface area contributed by atoms with Crippen LogP contribution < -0.4 is 0 Å². The quantitative estimate of drug-likeness (QED) is 0.589. The molecule has 0 fully saturated rings. The Morgan fingerprint density at radius 2 is 1.71 bits per heavy atom. The average molecular weight is 200 g/mol. The van der Waals surface area contributed by atoms with Gasteiger partial charge in [-0.3, -0.25) is 4.79 Å². The Labute approximate surface area is 88.0 Å². The van der Waals surface area contributed by atoms with Gasteiger partial charge in [-0.2, -0.15) is 0 Å². The topological polar surface area (TPSA) is 26.3 Å². The highest BCUT2D eigenvalue weighted by Crippen LogP contribution is 2.10. The van der Waals surface area contributed by atoms with Crippen molar-refractivity contribution in [3.05, 3.63) is 0 Å².